The zero-order valence-electron chi connectivity index (χ0n) is 15.2. The van der Waals surface area contributed by atoms with E-state index >= 15 is 0 Å². The predicted molar refractivity (Wildman–Crippen MR) is 101 cm³/mol. The minimum Gasteiger partial charge on any atom is -0.493 e. The largest absolute Gasteiger partial charge is 0.493 e. The van der Waals surface area contributed by atoms with Gasteiger partial charge < -0.3 is 24.3 Å². The van der Waals surface area contributed by atoms with Crippen molar-refractivity contribution < 1.29 is 23.7 Å². The highest BCUT2D eigenvalue weighted by atomic mass is 16.5. The second-order valence-corrected chi connectivity index (χ2v) is 5.30. The van der Waals surface area contributed by atoms with Gasteiger partial charge in [0.1, 0.15) is 12.4 Å². The van der Waals surface area contributed by atoms with Crippen LogP contribution >= 0.6 is 0 Å². The molecule has 0 aliphatic heterocycles. The van der Waals surface area contributed by atoms with Gasteiger partial charge in [0, 0.05) is 18.9 Å². The normalized spacial score (nSPS) is 10.6. The molecule has 0 fully saturated rings. The van der Waals surface area contributed by atoms with Crippen molar-refractivity contribution in [3.05, 3.63) is 54.1 Å². The van der Waals surface area contributed by atoms with E-state index in [9.17, 15) is 4.79 Å². The fourth-order valence-corrected chi connectivity index (χ4v) is 2.19. The topological polar surface area (TPSA) is 66.0 Å². The molecule has 0 saturated heterocycles. The molecule has 1 N–H and O–H groups in total. The minimum atomic E-state index is -0.229. The van der Waals surface area contributed by atoms with Crippen LogP contribution < -0.4 is 19.5 Å². The summed E-state index contributed by atoms with van der Waals surface area (Å²) in [5, 5.41) is 2.80. The zero-order valence-corrected chi connectivity index (χ0v) is 15.2. The zero-order chi connectivity index (χ0) is 18.8. The number of amides is 1. The molecule has 2 aromatic carbocycles. The standard InChI is InChI=1S/C20H23NO5/c1-23-12-13-26-17-8-6-16(7-9-17)21-20(22)11-5-15-4-10-18(24-2)19(14-15)25-3/h4-11,14H,12-13H2,1-3H3,(H,21,22)/b11-5+. The van der Waals surface area contributed by atoms with E-state index in [1.54, 1.807) is 63.8 Å². The van der Waals surface area contributed by atoms with Crippen molar-refractivity contribution in [2.24, 2.45) is 0 Å². The lowest BCUT2D eigenvalue weighted by molar-refractivity contribution is -0.111. The Labute approximate surface area is 153 Å². The molecule has 2 aromatic rings. The molecule has 6 heteroatoms. The Balaban J connectivity index is 1.92. The number of benzene rings is 2. The van der Waals surface area contributed by atoms with Crippen molar-refractivity contribution in [2.45, 2.75) is 0 Å². The summed E-state index contributed by atoms with van der Waals surface area (Å²) in [5.41, 5.74) is 1.52. The summed E-state index contributed by atoms with van der Waals surface area (Å²) in [6, 6.07) is 12.6. The molecule has 6 nitrogen and oxygen atoms in total. The van der Waals surface area contributed by atoms with Gasteiger partial charge in [-0.25, -0.2) is 0 Å². The number of ether oxygens (including phenoxy) is 4. The summed E-state index contributed by atoms with van der Waals surface area (Å²) < 4.78 is 20.8. The van der Waals surface area contributed by atoms with Crippen LogP contribution in [0.25, 0.3) is 6.08 Å². The molecule has 0 radical (unpaired) electrons. The average molecular weight is 357 g/mol. The van der Waals surface area contributed by atoms with E-state index in [1.165, 1.54) is 6.08 Å². The van der Waals surface area contributed by atoms with Crippen LogP contribution in [0.2, 0.25) is 0 Å². The number of rotatable bonds is 9. The number of hydrogen-bond donors (Lipinski definition) is 1. The first-order valence-corrected chi connectivity index (χ1v) is 8.09. The van der Waals surface area contributed by atoms with Crippen molar-refractivity contribution in [3.8, 4) is 17.2 Å². The molecule has 0 atom stereocenters. The summed E-state index contributed by atoms with van der Waals surface area (Å²) >= 11 is 0. The van der Waals surface area contributed by atoms with Crippen LogP contribution in [-0.4, -0.2) is 40.5 Å². The fraction of sp³-hybridized carbons (Fsp3) is 0.250. The summed E-state index contributed by atoms with van der Waals surface area (Å²) in [5.74, 6) is 1.75. The van der Waals surface area contributed by atoms with E-state index in [-0.39, 0.29) is 5.91 Å². The molecule has 0 aromatic heterocycles. The molecule has 0 aliphatic rings. The van der Waals surface area contributed by atoms with Gasteiger partial charge >= 0.3 is 0 Å². The fourth-order valence-electron chi connectivity index (χ4n) is 2.19. The van der Waals surface area contributed by atoms with Gasteiger partial charge in [-0.05, 0) is 48.0 Å². The van der Waals surface area contributed by atoms with Gasteiger partial charge in [-0.3, -0.25) is 4.79 Å². The van der Waals surface area contributed by atoms with E-state index in [4.69, 9.17) is 18.9 Å². The van der Waals surface area contributed by atoms with Crippen LogP contribution in [0, 0.1) is 0 Å². The van der Waals surface area contributed by atoms with Gasteiger partial charge in [0.05, 0.1) is 20.8 Å². The van der Waals surface area contributed by atoms with Crippen LogP contribution in [0.1, 0.15) is 5.56 Å². The van der Waals surface area contributed by atoms with Crippen LogP contribution in [0.5, 0.6) is 17.2 Å². The van der Waals surface area contributed by atoms with E-state index in [0.717, 1.165) is 11.3 Å². The van der Waals surface area contributed by atoms with Crippen LogP contribution in [0.4, 0.5) is 5.69 Å². The Hall–Kier alpha value is -2.99. The molecule has 138 valence electrons. The second-order valence-electron chi connectivity index (χ2n) is 5.30. The Morgan fingerprint density at radius 1 is 0.962 bits per heavy atom. The molecule has 0 heterocycles. The molecule has 2 rings (SSSR count). The molecular weight excluding hydrogens is 334 g/mol. The number of carbonyl (C=O) groups excluding carboxylic acids is 1. The SMILES string of the molecule is COCCOc1ccc(NC(=O)/C=C/c2ccc(OC)c(OC)c2)cc1. The van der Waals surface area contributed by atoms with Gasteiger partial charge in [-0.15, -0.1) is 0 Å². The molecule has 0 spiro atoms. The third kappa shape index (κ3) is 5.82. The van der Waals surface area contributed by atoms with Crippen molar-refractivity contribution in [1.82, 2.24) is 0 Å². The molecule has 0 bridgehead atoms. The van der Waals surface area contributed by atoms with Crippen molar-refractivity contribution >= 4 is 17.7 Å². The molecular formula is C20H23NO5. The van der Waals surface area contributed by atoms with Crippen LogP contribution in [0.3, 0.4) is 0 Å². The maximum absolute atomic E-state index is 12.1. The van der Waals surface area contributed by atoms with Crippen LogP contribution in [-0.2, 0) is 9.53 Å². The summed E-state index contributed by atoms with van der Waals surface area (Å²) in [6.07, 6.45) is 3.17. The third-order valence-electron chi connectivity index (χ3n) is 3.51. The van der Waals surface area contributed by atoms with Gasteiger partial charge in [-0.1, -0.05) is 6.07 Å². The first-order valence-electron chi connectivity index (χ1n) is 8.09. The smallest absolute Gasteiger partial charge is 0.248 e. The lowest BCUT2D eigenvalue weighted by atomic mass is 10.2. The van der Waals surface area contributed by atoms with Gasteiger partial charge in [0.15, 0.2) is 11.5 Å². The maximum Gasteiger partial charge on any atom is 0.248 e. The summed E-state index contributed by atoms with van der Waals surface area (Å²) in [4.78, 5) is 12.1. The van der Waals surface area contributed by atoms with Gasteiger partial charge in [0.25, 0.3) is 0 Å². The van der Waals surface area contributed by atoms with Crippen molar-refractivity contribution in [2.75, 3.05) is 39.9 Å². The van der Waals surface area contributed by atoms with Crippen LogP contribution in [0.15, 0.2) is 48.5 Å². The Morgan fingerprint density at radius 2 is 1.69 bits per heavy atom. The molecule has 26 heavy (non-hydrogen) atoms. The maximum atomic E-state index is 12.1. The highest BCUT2D eigenvalue weighted by Crippen LogP contribution is 2.28. The molecule has 1 amide bonds. The van der Waals surface area contributed by atoms with E-state index in [1.807, 2.05) is 6.07 Å². The minimum absolute atomic E-state index is 0.229. The second kappa shape index (κ2) is 10.1. The summed E-state index contributed by atoms with van der Waals surface area (Å²) in [6.45, 7) is 1.01. The average Bonchev–Trinajstić information content (AvgIpc) is 2.67. The Bertz CT molecular complexity index is 740. The molecule has 0 unspecified atom stereocenters. The third-order valence-corrected chi connectivity index (χ3v) is 3.51. The lowest BCUT2D eigenvalue weighted by Gasteiger charge is -2.08. The monoisotopic (exact) mass is 357 g/mol. The van der Waals surface area contributed by atoms with E-state index < -0.39 is 0 Å². The van der Waals surface area contributed by atoms with Crippen molar-refractivity contribution in [1.29, 1.82) is 0 Å². The highest BCUT2D eigenvalue weighted by Gasteiger charge is 2.04. The summed E-state index contributed by atoms with van der Waals surface area (Å²) in [7, 11) is 4.77. The first kappa shape index (κ1) is 19.3. The van der Waals surface area contributed by atoms with E-state index in [2.05, 4.69) is 5.32 Å². The first-order chi connectivity index (χ1) is 12.7. The Morgan fingerprint density at radius 3 is 2.35 bits per heavy atom. The number of anilines is 1. The number of methoxy groups -OCH3 is 3. The Kier molecular flexibility index (Phi) is 7.51. The van der Waals surface area contributed by atoms with E-state index in [0.29, 0.717) is 30.4 Å². The predicted octanol–water partition coefficient (Wildman–Crippen LogP) is 3.38. The number of hydrogen-bond acceptors (Lipinski definition) is 5. The van der Waals surface area contributed by atoms with Gasteiger partial charge in [-0.2, -0.15) is 0 Å². The molecule has 0 saturated carbocycles. The van der Waals surface area contributed by atoms with Gasteiger partial charge in [0.2, 0.25) is 5.91 Å². The van der Waals surface area contributed by atoms with Crippen molar-refractivity contribution in [3.63, 3.8) is 0 Å². The highest BCUT2D eigenvalue weighted by molar-refractivity contribution is 6.01. The quantitative estimate of drug-likeness (QED) is 0.550. The molecule has 0 aliphatic carbocycles. The lowest BCUT2D eigenvalue weighted by Crippen LogP contribution is -2.08. The number of nitrogens with one attached hydrogen (secondary N) is 1. The number of carbonyl (C=O) groups is 1.